The van der Waals surface area contributed by atoms with Crippen molar-refractivity contribution in [2.75, 3.05) is 12.9 Å². The lowest BCUT2D eigenvalue weighted by molar-refractivity contribution is -0.153. The van der Waals surface area contributed by atoms with Crippen molar-refractivity contribution in [1.29, 1.82) is 0 Å². The number of ketones is 1. The summed E-state index contributed by atoms with van der Waals surface area (Å²) < 4.78 is 11.4. The summed E-state index contributed by atoms with van der Waals surface area (Å²) in [6, 6.07) is -1.06. The molecule has 2 rings (SSSR count). The average Bonchev–Trinajstić information content (AvgIpc) is 2.92. The van der Waals surface area contributed by atoms with Crippen molar-refractivity contribution in [2.45, 2.75) is 101 Å². The number of Topliss-reactive ketones (excluding diaryl/α,β-unsaturated/α-hetero) is 1. The van der Waals surface area contributed by atoms with Gasteiger partial charge in [0.15, 0.2) is 0 Å². The summed E-state index contributed by atoms with van der Waals surface area (Å²) >= 11 is 1.29. The fourth-order valence-electron chi connectivity index (χ4n) is 5.36. The number of allylic oxidation sites excluding steroid dienone is 2. The molecule has 2 aliphatic heterocycles. The lowest BCUT2D eigenvalue weighted by atomic mass is 9.86. The standard InChI is InChI=1S/C30H46N2O10S/c1-16(23(34)13-20(33)10-19-11-25(35)32-26(36)12-19)9-17(2)29-18(3)28(38)24(41-4)8-6-5-7-21(14-27(37)42-29)43-15-22(31)30(39)40/h6,8-9,16,18-22,24,28-29,33,38H,5,7,10-15,31H2,1-4H3,(H,39,40)(H,32,35,36)/b8-6+,17-9-/t16-,18-,20+,21-,22+,24-,28-,29+/m1/s1. The molecule has 2 aliphatic rings. The third-order valence-electron chi connectivity index (χ3n) is 7.83. The van der Waals surface area contributed by atoms with Gasteiger partial charge in [-0.05, 0) is 37.7 Å². The maximum atomic E-state index is 13.1. The fraction of sp³-hybridized carbons (Fsp3) is 0.700. The molecular weight excluding hydrogens is 580 g/mol. The number of carboxylic acids is 1. The number of aliphatic hydroxyl groups excluding tert-OH is 2. The van der Waals surface area contributed by atoms with Crippen LogP contribution in [0.5, 0.6) is 0 Å². The van der Waals surface area contributed by atoms with Crippen molar-refractivity contribution in [3.63, 3.8) is 0 Å². The molecule has 0 aromatic carbocycles. The number of amides is 2. The number of hydrogen-bond acceptors (Lipinski definition) is 11. The molecule has 0 radical (unpaired) electrons. The van der Waals surface area contributed by atoms with Crippen molar-refractivity contribution in [3.05, 3.63) is 23.8 Å². The zero-order chi connectivity index (χ0) is 32.3. The molecule has 2 heterocycles. The number of carbonyl (C=O) groups excluding carboxylic acids is 4. The van der Waals surface area contributed by atoms with Crippen molar-refractivity contribution >= 4 is 41.3 Å². The van der Waals surface area contributed by atoms with Crippen LogP contribution in [0.25, 0.3) is 0 Å². The van der Waals surface area contributed by atoms with Crippen LogP contribution >= 0.6 is 11.8 Å². The van der Waals surface area contributed by atoms with E-state index in [0.717, 1.165) is 0 Å². The van der Waals surface area contributed by atoms with Gasteiger partial charge in [0, 0.05) is 49.2 Å². The summed E-state index contributed by atoms with van der Waals surface area (Å²) in [5.41, 5.74) is 6.19. The number of esters is 1. The van der Waals surface area contributed by atoms with Crippen LogP contribution in [0.4, 0.5) is 0 Å². The van der Waals surface area contributed by atoms with Gasteiger partial charge in [-0.15, -0.1) is 0 Å². The Balaban J connectivity index is 2.17. The van der Waals surface area contributed by atoms with Gasteiger partial charge >= 0.3 is 11.9 Å². The molecule has 6 N–H and O–H groups in total. The third-order valence-corrected chi connectivity index (χ3v) is 9.25. The topological polar surface area (TPSA) is 203 Å². The maximum Gasteiger partial charge on any atom is 0.321 e. The van der Waals surface area contributed by atoms with E-state index >= 15 is 0 Å². The van der Waals surface area contributed by atoms with Gasteiger partial charge in [-0.2, -0.15) is 11.8 Å². The first-order valence-corrected chi connectivity index (χ1v) is 15.6. The number of aliphatic hydroxyl groups is 2. The van der Waals surface area contributed by atoms with Gasteiger partial charge in [-0.3, -0.25) is 29.3 Å². The number of rotatable bonds is 12. The first-order chi connectivity index (χ1) is 20.2. The highest BCUT2D eigenvalue weighted by Crippen LogP contribution is 2.29. The number of aliphatic carboxylic acids is 1. The molecule has 0 spiro atoms. The fourth-order valence-corrected chi connectivity index (χ4v) is 6.54. The summed E-state index contributed by atoms with van der Waals surface area (Å²) in [6.07, 6.45) is 2.96. The number of methoxy groups -OCH3 is 1. The number of nitrogens with two attached hydrogens (primary N) is 1. The second kappa shape index (κ2) is 17.6. The van der Waals surface area contributed by atoms with Crippen LogP contribution in [-0.2, 0) is 33.4 Å². The van der Waals surface area contributed by atoms with E-state index in [-0.39, 0.29) is 54.8 Å². The van der Waals surface area contributed by atoms with Gasteiger partial charge in [-0.1, -0.05) is 32.1 Å². The maximum absolute atomic E-state index is 13.1. The molecule has 0 bridgehead atoms. The number of piperidine rings is 1. The minimum Gasteiger partial charge on any atom is -0.480 e. The van der Waals surface area contributed by atoms with Crippen LogP contribution in [-0.4, -0.2) is 93.4 Å². The van der Waals surface area contributed by atoms with Crippen molar-refractivity contribution in [3.8, 4) is 0 Å². The summed E-state index contributed by atoms with van der Waals surface area (Å²) in [5.74, 6) is -4.19. The second-order valence-electron chi connectivity index (χ2n) is 11.6. The smallest absolute Gasteiger partial charge is 0.321 e. The van der Waals surface area contributed by atoms with Crippen LogP contribution in [0.1, 0.15) is 65.7 Å². The van der Waals surface area contributed by atoms with Gasteiger partial charge < -0.3 is 30.5 Å². The number of carbonyl (C=O) groups is 5. The number of carboxylic acid groups (broad SMARTS) is 1. The van der Waals surface area contributed by atoms with Crippen molar-refractivity contribution < 1.29 is 48.8 Å². The molecule has 1 fully saturated rings. The minimum atomic E-state index is -1.12. The Kier molecular flexibility index (Phi) is 15.0. The molecule has 0 aromatic heterocycles. The molecule has 0 aromatic rings. The highest BCUT2D eigenvalue weighted by Gasteiger charge is 2.35. The monoisotopic (exact) mass is 626 g/mol. The van der Waals surface area contributed by atoms with E-state index < -0.39 is 66.0 Å². The average molecular weight is 627 g/mol. The minimum absolute atomic E-state index is 0.00746. The van der Waals surface area contributed by atoms with Gasteiger partial charge in [0.1, 0.15) is 24.0 Å². The summed E-state index contributed by atoms with van der Waals surface area (Å²) in [6.45, 7) is 5.09. The number of thioether (sulfide) groups is 1. The Morgan fingerprint density at radius 3 is 2.49 bits per heavy atom. The van der Waals surface area contributed by atoms with Crippen LogP contribution in [0, 0.1) is 17.8 Å². The van der Waals surface area contributed by atoms with Gasteiger partial charge in [-0.25, -0.2) is 0 Å². The highest BCUT2D eigenvalue weighted by molar-refractivity contribution is 8.00. The Morgan fingerprint density at radius 2 is 1.88 bits per heavy atom. The lowest BCUT2D eigenvalue weighted by Crippen LogP contribution is -2.41. The zero-order valence-corrected chi connectivity index (χ0v) is 26.1. The van der Waals surface area contributed by atoms with E-state index in [0.29, 0.717) is 18.4 Å². The SMILES string of the molecule is CO[C@@H]1/C=C/CC[C@@H](SC[C@H](N)C(=O)O)CC(=O)O[C@@H](/C(C)=C\[C@@H](C)C(=O)C[C@@H](O)CC2CC(=O)NC(=O)C2)[C@H](C)[C@H]1O. The van der Waals surface area contributed by atoms with Gasteiger partial charge in [0.2, 0.25) is 11.8 Å². The molecule has 0 saturated carbocycles. The van der Waals surface area contributed by atoms with Crippen LogP contribution in [0.2, 0.25) is 0 Å². The van der Waals surface area contributed by atoms with Crippen LogP contribution in [0.15, 0.2) is 23.8 Å². The van der Waals surface area contributed by atoms with E-state index in [1.807, 2.05) is 6.08 Å². The van der Waals surface area contributed by atoms with E-state index in [1.165, 1.54) is 18.9 Å². The quantitative estimate of drug-likeness (QED) is 0.119. The summed E-state index contributed by atoms with van der Waals surface area (Å²) in [7, 11) is 1.47. The Labute approximate surface area is 256 Å². The highest BCUT2D eigenvalue weighted by atomic mass is 32.2. The molecule has 12 nitrogen and oxygen atoms in total. The molecule has 242 valence electrons. The van der Waals surface area contributed by atoms with Gasteiger partial charge in [0.25, 0.3) is 0 Å². The Bertz CT molecular complexity index is 1050. The second-order valence-corrected chi connectivity index (χ2v) is 12.9. The Morgan fingerprint density at radius 1 is 1.23 bits per heavy atom. The summed E-state index contributed by atoms with van der Waals surface area (Å²) in [4.78, 5) is 60.5. The number of hydrogen-bond donors (Lipinski definition) is 5. The molecule has 2 amide bonds. The van der Waals surface area contributed by atoms with E-state index in [1.54, 1.807) is 32.9 Å². The van der Waals surface area contributed by atoms with Gasteiger partial charge in [0.05, 0.1) is 18.6 Å². The van der Waals surface area contributed by atoms with Crippen LogP contribution < -0.4 is 11.1 Å². The molecular formula is C30H46N2O10S. The molecule has 0 unspecified atom stereocenters. The molecule has 1 saturated heterocycles. The normalized spacial score (nSPS) is 29.3. The zero-order valence-electron chi connectivity index (χ0n) is 25.3. The largest absolute Gasteiger partial charge is 0.480 e. The number of imide groups is 1. The Hall–Kier alpha value is -2.58. The number of ether oxygens (including phenoxy) is 2. The molecule has 13 heteroatoms. The van der Waals surface area contributed by atoms with Crippen molar-refractivity contribution in [1.82, 2.24) is 5.32 Å². The number of nitrogens with one attached hydrogen (secondary N) is 1. The number of cyclic esters (lactones) is 1. The molecule has 8 atom stereocenters. The third kappa shape index (κ3) is 12.1. The van der Waals surface area contributed by atoms with E-state index in [2.05, 4.69) is 5.32 Å². The predicted octanol–water partition coefficient (Wildman–Crippen LogP) is 1.51. The van der Waals surface area contributed by atoms with Crippen LogP contribution in [0.3, 0.4) is 0 Å². The molecule has 0 aliphatic carbocycles. The molecule has 43 heavy (non-hydrogen) atoms. The van der Waals surface area contributed by atoms with Crippen molar-refractivity contribution in [2.24, 2.45) is 23.5 Å². The van der Waals surface area contributed by atoms with E-state index in [9.17, 15) is 34.2 Å². The first-order valence-electron chi connectivity index (χ1n) is 14.6. The first kappa shape index (κ1) is 36.6. The van der Waals surface area contributed by atoms with E-state index in [4.69, 9.17) is 20.3 Å². The predicted molar refractivity (Wildman–Crippen MR) is 160 cm³/mol. The summed E-state index contributed by atoms with van der Waals surface area (Å²) in [5, 5.41) is 32.7. The lowest BCUT2D eigenvalue weighted by Gasteiger charge is -2.32.